The molecule has 0 aliphatic heterocycles. The third kappa shape index (κ3) is 2.49. The fraction of sp³-hybridized carbons (Fsp3) is 0.533. The van der Waals surface area contributed by atoms with Gasteiger partial charge in [0.1, 0.15) is 0 Å². The van der Waals surface area contributed by atoms with Crippen molar-refractivity contribution >= 4 is 5.69 Å². The van der Waals surface area contributed by atoms with E-state index in [2.05, 4.69) is 24.0 Å². The topological polar surface area (TPSA) is 53.0 Å². The number of benzene rings is 1. The molecular weight excluding hydrogens is 222 g/mol. The molecule has 0 spiro atoms. The first kappa shape index (κ1) is 12.9. The zero-order valence-electron chi connectivity index (χ0n) is 11.0. The summed E-state index contributed by atoms with van der Waals surface area (Å²) in [5.41, 5.74) is 7.76. The third-order valence-corrected chi connectivity index (χ3v) is 3.97. The van der Waals surface area contributed by atoms with Crippen molar-refractivity contribution in [1.29, 1.82) is 5.26 Å². The van der Waals surface area contributed by atoms with Crippen molar-refractivity contribution in [3.8, 4) is 6.07 Å². The first-order valence-corrected chi connectivity index (χ1v) is 6.77. The molecule has 0 aromatic heterocycles. The van der Waals surface area contributed by atoms with Crippen LogP contribution in [0.5, 0.6) is 0 Å². The van der Waals surface area contributed by atoms with E-state index in [1.165, 1.54) is 19.3 Å². The number of nitrogens with two attached hydrogens (primary N) is 1. The highest BCUT2D eigenvalue weighted by Crippen LogP contribution is 2.32. The Hall–Kier alpha value is -1.53. The van der Waals surface area contributed by atoms with Gasteiger partial charge < -0.3 is 10.6 Å². The summed E-state index contributed by atoms with van der Waals surface area (Å²) >= 11 is 0. The molecule has 2 N–H and O–H groups in total. The normalized spacial score (nSPS) is 22.7. The molecule has 0 saturated heterocycles. The lowest BCUT2D eigenvalue weighted by molar-refractivity contribution is 0.462. The lowest BCUT2D eigenvalue weighted by Gasteiger charge is -2.34. The zero-order chi connectivity index (χ0) is 13.0. The summed E-state index contributed by atoms with van der Waals surface area (Å²) in [7, 11) is 0. The summed E-state index contributed by atoms with van der Waals surface area (Å²) in [4.78, 5) is 2.41. The van der Waals surface area contributed by atoms with Crippen LogP contribution in [0.1, 0.15) is 31.7 Å². The SMILES string of the molecule is CCN(c1cccc(C#N)c1)C1CCCC1CN. The summed E-state index contributed by atoms with van der Waals surface area (Å²) in [6.07, 6.45) is 3.71. The highest BCUT2D eigenvalue weighted by molar-refractivity contribution is 5.52. The lowest BCUT2D eigenvalue weighted by Crippen LogP contribution is -2.40. The van der Waals surface area contributed by atoms with E-state index in [9.17, 15) is 0 Å². The second-order valence-electron chi connectivity index (χ2n) is 4.94. The Morgan fingerprint density at radius 3 is 2.94 bits per heavy atom. The Morgan fingerprint density at radius 1 is 1.44 bits per heavy atom. The van der Waals surface area contributed by atoms with E-state index in [0.717, 1.165) is 24.3 Å². The molecule has 0 heterocycles. The van der Waals surface area contributed by atoms with Crippen LogP contribution in [-0.4, -0.2) is 19.1 Å². The molecule has 2 atom stereocenters. The number of nitriles is 1. The number of nitrogens with zero attached hydrogens (tertiary/aromatic N) is 2. The Kier molecular flexibility index (Phi) is 4.22. The quantitative estimate of drug-likeness (QED) is 0.884. The molecule has 1 saturated carbocycles. The van der Waals surface area contributed by atoms with Crippen LogP contribution in [0.15, 0.2) is 24.3 Å². The van der Waals surface area contributed by atoms with Gasteiger partial charge in [-0.15, -0.1) is 0 Å². The summed E-state index contributed by atoms with van der Waals surface area (Å²) in [6.45, 7) is 3.90. The summed E-state index contributed by atoms with van der Waals surface area (Å²) in [5, 5.41) is 8.99. The molecule has 0 radical (unpaired) electrons. The van der Waals surface area contributed by atoms with Crippen LogP contribution in [0.25, 0.3) is 0 Å². The number of hydrogen-bond acceptors (Lipinski definition) is 3. The van der Waals surface area contributed by atoms with E-state index in [0.29, 0.717) is 12.0 Å². The molecule has 1 aliphatic rings. The minimum atomic E-state index is 0.536. The van der Waals surface area contributed by atoms with Gasteiger partial charge in [0.15, 0.2) is 0 Å². The molecule has 2 rings (SSSR count). The highest BCUT2D eigenvalue weighted by Gasteiger charge is 2.30. The molecule has 2 unspecified atom stereocenters. The van der Waals surface area contributed by atoms with E-state index < -0.39 is 0 Å². The Balaban J connectivity index is 2.24. The van der Waals surface area contributed by atoms with Gasteiger partial charge in [-0.1, -0.05) is 12.5 Å². The van der Waals surface area contributed by atoms with Crippen molar-refractivity contribution in [2.75, 3.05) is 18.0 Å². The van der Waals surface area contributed by atoms with Crippen LogP contribution in [0.4, 0.5) is 5.69 Å². The van der Waals surface area contributed by atoms with Gasteiger partial charge in [-0.05, 0) is 50.4 Å². The Bertz CT molecular complexity index is 436. The average molecular weight is 243 g/mol. The fourth-order valence-electron chi connectivity index (χ4n) is 3.07. The van der Waals surface area contributed by atoms with Crippen LogP contribution in [-0.2, 0) is 0 Å². The smallest absolute Gasteiger partial charge is 0.0992 e. The standard InChI is InChI=1S/C15H21N3/c1-2-18(15-8-4-6-13(15)11-17)14-7-3-5-12(9-14)10-16/h3,5,7,9,13,15H,2,4,6,8,11,17H2,1H3. The van der Waals surface area contributed by atoms with Crippen LogP contribution < -0.4 is 10.6 Å². The van der Waals surface area contributed by atoms with E-state index >= 15 is 0 Å². The van der Waals surface area contributed by atoms with Gasteiger partial charge in [0.05, 0.1) is 11.6 Å². The van der Waals surface area contributed by atoms with Crippen molar-refractivity contribution in [3.05, 3.63) is 29.8 Å². The maximum atomic E-state index is 8.99. The number of anilines is 1. The van der Waals surface area contributed by atoms with Gasteiger partial charge in [0.2, 0.25) is 0 Å². The highest BCUT2D eigenvalue weighted by atomic mass is 15.2. The molecular formula is C15H21N3. The molecule has 0 amide bonds. The largest absolute Gasteiger partial charge is 0.368 e. The lowest BCUT2D eigenvalue weighted by atomic mass is 10.0. The Labute approximate surface area is 109 Å². The minimum absolute atomic E-state index is 0.536. The Morgan fingerprint density at radius 2 is 2.28 bits per heavy atom. The van der Waals surface area contributed by atoms with Crippen LogP contribution in [0.2, 0.25) is 0 Å². The monoisotopic (exact) mass is 243 g/mol. The second kappa shape index (κ2) is 5.88. The third-order valence-electron chi connectivity index (χ3n) is 3.97. The van der Waals surface area contributed by atoms with Gasteiger partial charge in [-0.3, -0.25) is 0 Å². The van der Waals surface area contributed by atoms with Crippen molar-refractivity contribution < 1.29 is 0 Å². The molecule has 18 heavy (non-hydrogen) atoms. The zero-order valence-corrected chi connectivity index (χ0v) is 11.0. The van der Waals surface area contributed by atoms with Crippen molar-refractivity contribution in [1.82, 2.24) is 0 Å². The van der Waals surface area contributed by atoms with Crippen molar-refractivity contribution in [2.45, 2.75) is 32.2 Å². The van der Waals surface area contributed by atoms with Gasteiger partial charge in [-0.2, -0.15) is 5.26 Å². The molecule has 1 aliphatic carbocycles. The maximum Gasteiger partial charge on any atom is 0.0992 e. The first-order valence-electron chi connectivity index (χ1n) is 6.77. The van der Waals surface area contributed by atoms with E-state index in [1.54, 1.807) is 0 Å². The van der Waals surface area contributed by atoms with Crippen molar-refractivity contribution in [2.24, 2.45) is 11.7 Å². The summed E-state index contributed by atoms with van der Waals surface area (Å²) < 4.78 is 0. The van der Waals surface area contributed by atoms with Crippen LogP contribution in [0, 0.1) is 17.2 Å². The van der Waals surface area contributed by atoms with Gasteiger partial charge in [0.25, 0.3) is 0 Å². The minimum Gasteiger partial charge on any atom is -0.368 e. The average Bonchev–Trinajstić information content (AvgIpc) is 2.88. The van der Waals surface area contributed by atoms with Gasteiger partial charge in [-0.25, -0.2) is 0 Å². The van der Waals surface area contributed by atoms with E-state index in [-0.39, 0.29) is 0 Å². The second-order valence-corrected chi connectivity index (χ2v) is 4.94. The molecule has 1 aromatic carbocycles. The van der Waals surface area contributed by atoms with Crippen LogP contribution >= 0.6 is 0 Å². The molecule has 96 valence electrons. The molecule has 1 aromatic rings. The van der Waals surface area contributed by atoms with Gasteiger partial charge in [0, 0.05) is 18.3 Å². The maximum absolute atomic E-state index is 8.99. The predicted octanol–water partition coefficient (Wildman–Crippen LogP) is 2.51. The van der Waals surface area contributed by atoms with E-state index in [4.69, 9.17) is 11.0 Å². The number of hydrogen-bond donors (Lipinski definition) is 1. The van der Waals surface area contributed by atoms with E-state index in [1.807, 2.05) is 18.2 Å². The summed E-state index contributed by atoms with van der Waals surface area (Å²) in [5.74, 6) is 0.593. The van der Waals surface area contributed by atoms with Crippen LogP contribution in [0.3, 0.4) is 0 Å². The molecule has 3 heteroatoms. The van der Waals surface area contributed by atoms with Crippen molar-refractivity contribution in [3.63, 3.8) is 0 Å². The fourth-order valence-corrected chi connectivity index (χ4v) is 3.07. The molecule has 0 bridgehead atoms. The summed E-state index contributed by atoms with van der Waals surface area (Å²) in [6, 6.07) is 10.6. The first-order chi connectivity index (χ1) is 8.80. The number of rotatable bonds is 4. The predicted molar refractivity (Wildman–Crippen MR) is 74.4 cm³/mol. The molecule has 1 fully saturated rings. The van der Waals surface area contributed by atoms with Gasteiger partial charge >= 0.3 is 0 Å². The molecule has 3 nitrogen and oxygen atoms in total.